The Morgan fingerprint density at radius 2 is 1.82 bits per heavy atom. The summed E-state index contributed by atoms with van der Waals surface area (Å²) in [5.41, 5.74) is 2.76. The summed E-state index contributed by atoms with van der Waals surface area (Å²) in [6.45, 7) is 0. The van der Waals surface area contributed by atoms with Crippen molar-refractivity contribution < 1.29 is 17.9 Å². The van der Waals surface area contributed by atoms with E-state index in [1.54, 1.807) is 7.11 Å². The van der Waals surface area contributed by atoms with E-state index in [9.17, 15) is 13.2 Å². The normalized spacial score (nSPS) is 19.1. The van der Waals surface area contributed by atoms with Gasteiger partial charge in [-0.25, -0.2) is 13.4 Å². The Balaban J connectivity index is 1.44. The first-order valence-electron chi connectivity index (χ1n) is 11.4. The van der Waals surface area contributed by atoms with Gasteiger partial charge in [-0.1, -0.05) is 54.2 Å². The fraction of sp³-hybridized carbons (Fsp3) is 0.360. The smallest absolute Gasteiger partial charge is 0.233 e. The third-order valence-corrected chi connectivity index (χ3v) is 8.97. The number of hydrogen-bond donors (Lipinski definition) is 0. The SMILES string of the molecule is COc1ccccc1-n1c(-c2ccccc2)cnc1SCC(=O)N(C1CC1)[C@H]1CCS(=O)(=O)C1. The molecule has 1 aromatic heterocycles. The van der Waals surface area contributed by atoms with Crippen molar-refractivity contribution in [3.05, 3.63) is 60.8 Å². The highest BCUT2D eigenvalue weighted by Crippen LogP contribution is 2.36. The Labute approximate surface area is 204 Å². The Morgan fingerprint density at radius 1 is 1.09 bits per heavy atom. The van der Waals surface area contributed by atoms with Crippen LogP contribution in [0.15, 0.2) is 66.0 Å². The maximum atomic E-state index is 13.3. The van der Waals surface area contributed by atoms with Crippen molar-refractivity contribution >= 4 is 27.5 Å². The second-order valence-electron chi connectivity index (χ2n) is 8.68. The number of hydrogen-bond acceptors (Lipinski definition) is 6. The van der Waals surface area contributed by atoms with Crippen molar-refractivity contribution in [2.24, 2.45) is 0 Å². The quantitative estimate of drug-likeness (QED) is 0.440. The summed E-state index contributed by atoms with van der Waals surface area (Å²) in [7, 11) is -1.42. The maximum Gasteiger partial charge on any atom is 0.233 e. The Kier molecular flexibility index (Phi) is 6.40. The van der Waals surface area contributed by atoms with E-state index in [1.807, 2.05) is 70.3 Å². The van der Waals surface area contributed by atoms with Crippen molar-refractivity contribution in [1.82, 2.24) is 14.5 Å². The van der Waals surface area contributed by atoms with Crippen molar-refractivity contribution in [2.45, 2.75) is 36.5 Å². The standard InChI is InChI=1S/C25H27N3O4S2/c1-32-23-10-6-5-9-21(23)28-22(18-7-3-2-4-8-18)15-26-25(28)33-16-24(29)27(19-11-12-19)20-13-14-34(30,31)17-20/h2-10,15,19-20H,11-14,16-17H2,1H3/t20-/m0/s1. The molecule has 0 unspecified atom stereocenters. The predicted molar refractivity (Wildman–Crippen MR) is 133 cm³/mol. The number of carbonyl (C=O) groups excluding carboxylic acids is 1. The van der Waals surface area contributed by atoms with Gasteiger partial charge in [-0.05, 0) is 31.4 Å². The summed E-state index contributed by atoms with van der Waals surface area (Å²) in [6.07, 6.45) is 4.24. The van der Waals surface area contributed by atoms with Gasteiger partial charge < -0.3 is 9.64 Å². The fourth-order valence-corrected chi connectivity index (χ4v) is 7.12. The van der Waals surface area contributed by atoms with Crippen LogP contribution in [0.25, 0.3) is 16.9 Å². The average molecular weight is 498 g/mol. The molecule has 2 aliphatic rings. The second-order valence-corrected chi connectivity index (χ2v) is 11.8. The van der Waals surface area contributed by atoms with Crippen molar-refractivity contribution in [1.29, 1.82) is 0 Å². The van der Waals surface area contributed by atoms with Crippen LogP contribution in [0.3, 0.4) is 0 Å². The molecule has 34 heavy (non-hydrogen) atoms. The van der Waals surface area contributed by atoms with Crippen LogP contribution >= 0.6 is 11.8 Å². The van der Waals surface area contributed by atoms with Crippen LogP contribution in [0.2, 0.25) is 0 Å². The Bertz CT molecular complexity index is 1290. The van der Waals surface area contributed by atoms with Gasteiger partial charge in [0.15, 0.2) is 15.0 Å². The fourth-order valence-electron chi connectivity index (χ4n) is 4.55. The molecular weight excluding hydrogens is 470 g/mol. The second kappa shape index (κ2) is 9.46. The molecular formula is C25H27N3O4S2. The largest absolute Gasteiger partial charge is 0.495 e. The molecule has 0 bridgehead atoms. The average Bonchev–Trinajstić information content (AvgIpc) is 3.48. The Hall–Kier alpha value is -2.78. The predicted octanol–water partition coefficient (Wildman–Crippen LogP) is 3.82. The maximum absolute atomic E-state index is 13.3. The molecule has 1 aliphatic heterocycles. The van der Waals surface area contributed by atoms with Gasteiger partial charge in [0.1, 0.15) is 5.75 Å². The lowest BCUT2D eigenvalue weighted by atomic mass is 10.1. The molecule has 1 aliphatic carbocycles. The summed E-state index contributed by atoms with van der Waals surface area (Å²) < 4.78 is 31.7. The van der Waals surface area contributed by atoms with Crippen LogP contribution < -0.4 is 4.74 Å². The van der Waals surface area contributed by atoms with Gasteiger partial charge in [0.05, 0.1) is 41.9 Å². The number of sulfone groups is 1. The van der Waals surface area contributed by atoms with Crippen LogP contribution in [-0.2, 0) is 14.6 Å². The number of nitrogens with zero attached hydrogens (tertiary/aromatic N) is 3. The van der Waals surface area contributed by atoms with Crippen LogP contribution in [0.5, 0.6) is 5.75 Å². The number of ether oxygens (including phenoxy) is 1. The molecule has 1 saturated carbocycles. The van der Waals surface area contributed by atoms with Crippen molar-refractivity contribution in [2.75, 3.05) is 24.4 Å². The first-order chi connectivity index (χ1) is 16.5. The highest BCUT2D eigenvalue weighted by Gasteiger charge is 2.42. The summed E-state index contributed by atoms with van der Waals surface area (Å²) in [6, 6.07) is 17.7. The number of benzene rings is 2. The van der Waals surface area contributed by atoms with Crippen LogP contribution in [0.4, 0.5) is 0 Å². The van der Waals surface area contributed by atoms with Crippen LogP contribution in [0, 0.1) is 0 Å². The lowest BCUT2D eigenvalue weighted by Crippen LogP contribution is -2.43. The van der Waals surface area contributed by atoms with E-state index in [4.69, 9.17) is 4.74 Å². The number of thioether (sulfide) groups is 1. The summed E-state index contributed by atoms with van der Waals surface area (Å²) in [5, 5.41) is 0.687. The molecule has 3 aromatic rings. The van der Waals surface area contributed by atoms with E-state index >= 15 is 0 Å². The molecule has 7 nitrogen and oxygen atoms in total. The zero-order valence-corrected chi connectivity index (χ0v) is 20.6. The van der Waals surface area contributed by atoms with Gasteiger partial charge in [0.2, 0.25) is 5.91 Å². The number of methoxy groups -OCH3 is 1. The minimum Gasteiger partial charge on any atom is -0.495 e. The first-order valence-corrected chi connectivity index (χ1v) is 14.2. The van der Waals surface area contributed by atoms with Gasteiger partial charge in [-0.15, -0.1) is 0 Å². The Morgan fingerprint density at radius 3 is 2.50 bits per heavy atom. The number of carbonyl (C=O) groups is 1. The molecule has 178 valence electrons. The zero-order chi connectivity index (χ0) is 23.7. The molecule has 1 amide bonds. The molecule has 0 spiro atoms. The molecule has 9 heteroatoms. The van der Waals surface area contributed by atoms with Crippen molar-refractivity contribution in [3.63, 3.8) is 0 Å². The lowest BCUT2D eigenvalue weighted by molar-refractivity contribution is -0.130. The molecule has 1 saturated heterocycles. The summed E-state index contributed by atoms with van der Waals surface area (Å²) in [5.74, 6) is 1.13. The number of rotatable bonds is 8. The van der Waals surface area contributed by atoms with Gasteiger partial charge in [-0.2, -0.15) is 0 Å². The molecule has 1 atom stereocenters. The van der Waals surface area contributed by atoms with Crippen LogP contribution in [-0.4, -0.2) is 65.2 Å². The zero-order valence-electron chi connectivity index (χ0n) is 19.0. The van der Waals surface area contributed by atoms with E-state index in [-0.39, 0.29) is 35.2 Å². The third-order valence-electron chi connectivity index (χ3n) is 6.28. The van der Waals surface area contributed by atoms with Crippen LogP contribution in [0.1, 0.15) is 19.3 Å². The summed E-state index contributed by atoms with van der Waals surface area (Å²) in [4.78, 5) is 19.8. The van der Waals surface area contributed by atoms with E-state index in [0.717, 1.165) is 29.8 Å². The number of amides is 1. The molecule has 2 aromatic carbocycles. The van der Waals surface area contributed by atoms with E-state index in [1.165, 1.54) is 11.8 Å². The number of aromatic nitrogens is 2. The highest BCUT2D eigenvalue weighted by molar-refractivity contribution is 7.99. The third kappa shape index (κ3) is 4.72. The van der Waals surface area contributed by atoms with Crippen molar-refractivity contribution in [3.8, 4) is 22.7 Å². The molecule has 2 fully saturated rings. The van der Waals surface area contributed by atoms with E-state index < -0.39 is 9.84 Å². The minimum absolute atomic E-state index is 0.0227. The number of para-hydroxylation sites is 2. The van der Waals surface area contributed by atoms with Gasteiger partial charge in [-0.3, -0.25) is 9.36 Å². The van der Waals surface area contributed by atoms with Gasteiger partial charge >= 0.3 is 0 Å². The first kappa shape index (κ1) is 23.0. The van der Waals surface area contributed by atoms with Gasteiger partial charge in [0, 0.05) is 17.6 Å². The number of imidazole rings is 1. The monoisotopic (exact) mass is 497 g/mol. The molecule has 0 radical (unpaired) electrons. The van der Waals surface area contributed by atoms with E-state index in [0.29, 0.717) is 17.3 Å². The molecule has 0 N–H and O–H groups in total. The lowest BCUT2D eigenvalue weighted by Gasteiger charge is -2.28. The molecule has 5 rings (SSSR count). The van der Waals surface area contributed by atoms with E-state index in [2.05, 4.69) is 4.98 Å². The minimum atomic E-state index is -3.06. The highest BCUT2D eigenvalue weighted by atomic mass is 32.2. The summed E-state index contributed by atoms with van der Waals surface area (Å²) >= 11 is 1.37. The molecule has 2 heterocycles. The van der Waals surface area contributed by atoms with Gasteiger partial charge in [0.25, 0.3) is 0 Å². The topological polar surface area (TPSA) is 81.5 Å².